The lowest BCUT2D eigenvalue weighted by atomic mass is 9.91. The van der Waals surface area contributed by atoms with Crippen LogP contribution in [0.3, 0.4) is 0 Å². The van der Waals surface area contributed by atoms with Gasteiger partial charge in [-0.2, -0.15) is 0 Å². The van der Waals surface area contributed by atoms with Crippen molar-refractivity contribution >= 4 is 11.8 Å². The normalized spacial score (nSPS) is 20.1. The lowest BCUT2D eigenvalue weighted by Crippen LogP contribution is -2.58. The second-order valence-electron chi connectivity index (χ2n) is 7.14. The van der Waals surface area contributed by atoms with Crippen LogP contribution in [0.5, 0.6) is 5.75 Å². The van der Waals surface area contributed by atoms with Crippen LogP contribution in [0.25, 0.3) is 0 Å². The molecule has 0 bridgehead atoms. The molecule has 1 saturated heterocycles. The lowest BCUT2D eigenvalue weighted by molar-refractivity contribution is -0.157. The summed E-state index contributed by atoms with van der Waals surface area (Å²) in [7, 11) is 1.49. The first kappa shape index (κ1) is 21.1. The monoisotopic (exact) mass is 381 g/mol. The van der Waals surface area contributed by atoms with Gasteiger partial charge in [0.2, 0.25) is 5.91 Å². The molecular formula is C19H28FN3O4. The maximum Gasteiger partial charge on any atom is 0.256 e. The van der Waals surface area contributed by atoms with Gasteiger partial charge < -0.3 is 25.4 Å². The topological polar surface area (TPSA) is 90.9 Å². The van der Waals surface area contributed by atoms with Gasteiger partial charge in [0.1, 0.15) is 11.6 Å². The number of hydrogen-bond donors (Lipinski definition) is 3. The molecule has 0 aliphatic carbocycles. The van der Waals surface area contributed by atoms with E-state index in [1.165, 1.54) is 24.1 Å². The summed E-state index contributed by atoms with van der Waals surface area (Å²) in [6.45, 7) is 4.17. The maximum atomic E-state index is 14.1. The number of benzene rings is 1. The zero-order valence-corrected chi connectivity index (χ0v) is 16.0. The number of rotatable bonds is 8. The molecule has 1 heterocycles. The minimum absolute atomic E-state index is 0.0122. The second-order valence-corrected chi connectivity index (χ2v) is 7.14. The van der Waals surface area contributed by atoms with Gasteiger partial charge in [-0.25, -0.2) is 4.39 Å². The fraction of sp³-hybridized carbons (Fsp3) is 0.579. The summed E-state index contributed by atoms with van der Waals surface area (Å²) >= 11 is 0. The van der Waals surface area contributed by atoms with E-state index in [4.69, 9.17) is 4.74 Å². The van der Waals surface area contributed by atoms with E-state index >= 15 is 0 Å². The molecule has 0 saturated carbocycles. The summed E-state index contributed by atoms with van der Waals surface area (Å²) in [5.41, 5.74) is -1.28. The van der Waals surface area contributed by atoms with Gasteiger partial charge in [0.25, 0.3) is 5.91 Å². The first-order valence-corrected chi connectivity index (χ1v) is 9.09. The molecule has 1 aliphatic rings. The van der Waals surface area contributed by atoms with Crippen LogP contribution in [0.15, 0.2) is 18.2 Å². The third-order valence-corrected chi connectivity index (χ3v) is 4.47. The first-order valence-electron chi connectivity index (χ1n) is 9.09. The van der Waals surface area contributed by atoms with E-state index in [1.54, 1.807) is 6.07 Å². The van der Waals surface area contributed by atoms with Crippen LogP contribution >= 0.6 is 0 Å². The van der Waals surface area contributed by atoms with Crippen molar-refractivity contribution < 1.29 is 23.8 Å². The number of ether oxygens (including phenoxy) is 1. The molecule has 8 heteroatoms. The molecule has 27 heavy (non-hydrogen) atoms. The van der Waals surface area contributed by atoms with Crippen molar-refractivity contribution in [2.45, 2.75) is 44.9 Å². The molecule has 3 N–H and O–H groups in total. The molecule has 0 aromatic heterocycles. The van der Waals surface area contributed by atoms with Gasteiger partial charge in [-0.3, -0.25) is 9.59 Å². The molecule has 1 aliphatic heterocycles. The molecule has 0 radical (unpaired) electrons. The predicted molar refractivity (Wildman–Crippen MR) is 98.7 cm³/mol. The first-order chi connectivity index (χ1) is 12.7. The highest BCUT2D eigenvalue weighted by Crippen LogP contribution is 2.25. The van der Waals surface area contributed by atoms with Crippen molar-refractivity contribution in [2.24, 2.45) is 0 Å². The van der Waals surface area contributed by atoms with E-state index in [9.17, 15) is 19.1 Å². The highest BCUT2D eigenvalue weighted by Gasteiger charge is 2.42. The van der Waals surface area contributed by atoms with E-state index in [1.807, 2.05) is 13.8 Å². The number of methoxy groups -OCH3 is 1. The van der Waals surface area contributed by atoms with Gasteiger partial charge in [0, 0.05) is 31.2 Å². The van der Waals surface area contributed by atoms with Crippen molar-refractivity contribution in [2.75, 3.05) is 26.7 Å². The van der Waals surface area contributed by atoms with Crippen LogP contribution in [0.4, 0.5) is 4.39 Å². The molecule has 150 valence electrons. The number of nitrogens with one attached hydrogen (secondary N) is 2. The Balaban J connectivity index is 1.99. The predicted octanol–water partition coefficient (Wildman–Crippen LogP) is 0.802. The van der Waals surface area contributed by atoms with Crippen LogP contribution in [-0.2, 0) is 16.1 Å². The van der Waals surface area contributed by atoms with E-state index in [-0.39, 0.29) is 31.6 Å². The molecule has 2 amide bonds. The van der Waals surface area contributed by atoms with E-state index < -0.39 is 17.3 Å². The van der Waals surface area contributed by atoms with Crippen molar-refractivity contribution in [1.29, 1.82) is 0 Å². The summed E-state index contributed by atoms with van der Waals surface area (Å²) in [6, 6.07) is 4.38. The molecule has 1 aromatic carbocycles. The molecule has 1 fully saturated rings. The van der Waals surface area contributed by atoms with Gasteiger partial charge in [-0.05, 0) is 44.9 Å². The molecule has 1 unspecified atom stereocenters. The minimum Gasteiger partial charge on any atom is -0.497 e. The molecule has 1 atom stereocenters. The third-order valence-electron chi connectivity index (χ3n) is 4.47. The number of carbonyl (C=O) groups is 2. The second kappa shape index (κ2) is 9.14. The van der Waals surface area contributed by atoms with Gasteiger partial charge in [0.15, 0.2) is 5.60 Å². The highest BCUT2D eigenvalue weighted by molar-refractivity contribution is 5.86. The Bertz CT molecular complexity index is 683. The fourth-order valence-corrected chi connectivity index (χ4v) is 3.14. The van der Waals surface area contributed by atoms with Crippen LogP contribution < -0.4 is 15.4 Å². The van der Waals surface area contributed by atoms with Crippen LogP contribution in [0, 0.1) is 5.82 Å². The van der Waals surface area contributed by atoms with Crippen LogP contribution in [-0.4, -0.2) is 60.2 Å². The number of nitrogens with zero attached hydrogens (tertiary/aromatic N) is 1. The number of hydrogen-bond acceptors (Lipinski definition) is 5. The third kappa shape index (κ3) is 5.64. The Morgan fingerprint density at radius 3 is 2.85 bits per heavy atom. The Morgan fingerprint density at radius 1 is 1.44 bits per heavy atom. The average Bonchev–Trinajstić information content (AvgIpc) is 2.60. The minimum atomic E-state index is -1.61. The summed E-state index contributed by atoms with van der Waals surface area (Å²) in [6.07, 6.45) is 0.884. The highest BCUT2D eigenvalue weighted by atomic mass is 19.1. The average molecular weight is 381 g/mol. The Morgan fingerprint density at radius 2 is 2.19 bits per heavy atom. The zero-order chi connectivity index (χ0) is 20.0. The van der Waals surface area contributed by atoms with Crippen LogP contribution in [0.1, 0.15) is 32.3 Å². The lowest BCUT2D eigenvalue weighted by Gasteiger charge is -2.38. The SMILES string of the molecule is COc1ccc(F)c(CN2CCCC(O)(CNCC(=O)NC(C)C)C2=O)c1. The summed E-state index contributed by atoms with van der Waals surface area (Å²) < 4.78 is 19.2. The maximum absolute atomic E-state index is 14.1. The number of piperidine rings is 1. The molecule has 1 aromatic rings. The van der Waals surface area contributed by atoms with Crippen molar-refractivity contribution in [1.82, 2.24) is 15.5 Å². The van der Waals surface area contributed by atoms with Crippen molar-refractivity contribution in [3.63, 3.8) is 0 Å². The summed E-state index contributed by atoms with van der Waals surface area (Å²) in [5.74, 6) is -0.593. The molecular weight excluding hydrogens is 353 g/mol. The van der Waals surface area contributed by atoms with Gasteiger partial charge >= 0.3 is 0 Å². The largest absolute Gasteiger partial charge is 0.497 e. The Hall–Kier alpha value is -2.19. The number of likely N-dealkylation sites (tertiary alicyclic amines) is 1. The Labute approximate surface area is 158 Å². The summed E-state index contributed by atoms with van der Waals surface area (Å²) in [5, 5.41) is 16.3. The van der Waals surface area contributed by atoms with E-state index in [2.05, 4.69) is 10.6 Å². The Kier molecular flexibility index (Phi) is 7.15. The van der Waals surface area contributed by atoms with E-state index in [0.717, 1.165) is 0 Å². The van der Waals surface area contributed by atoms with Crippen molar-refractivity contribution in [3.05, 3.63) is 29.6 Å². The molecule has 7 nitrogen and oxygen atoms in total. The van der Waals surface area contributed by atoms with E-state index in [0.29, 0.717) is 30.7 Å². The van der Waals surface area contributed by atoms with Gasteiger partial charge in [0.05, 0.1) is 13.7 Å². The summed E-state index contributed by atoms with van der Waals surface area (Å²) in [4.78, 5) is 25.9. The fourth-order valence-electron chi connectivity index (χ4n) is 3.14. The quantitative estimate of drug-likeness (QED) is 0.620. The molecule has 2 rings (SSSR count). The standard InChI is InChI=1S/C19H28FN3O4/c1-13(2)22-17(24)10-21-12-19(26)7-4-8-23(18(19)25)11-14-9-15(27-3)5-6-16(14)20/h5-6,9,13,21,26H,4,7-8,10-12H2,1-3H3,(H,22,24). The van der Waals surface area contributed by atoms with Crippen molar-refractivity contribution in [3.8, 4) is 5.75 Å². The number of aliphatic hydroxyl groups is 1. The zero-order valence-electron chi connectivity index (χ0n) is 16.0. The molecule has 0 spiro atoms. The van der Waals surface area contributed by atoms with Gasteiger partial charge in [-0.1, -0.05) is 0 Å². The smallest absolute Gasteiger partial charge is 0.256 e. The number of amides is 2. The number of carbonyl (C=O) groups excluding carboxylic acids is 2. The van der Waals surface area contributed by atoms with Crippen LogP contribution in [0.2, 0.25) is 0 Å². The van der Waals surface area contributed by atoms with Gasteiger partial charge in [-0.15, -0.1) is 0 Å². The number of halogens is 1.